The molecular weight excluding hydrogens is 328 g/mol. The number of hydrogen-bond acceptors (Lipinski definition) is 5. The number of aryl methyl sites for hydroxylation is 1. The molecule has 0 aliphatic rings. The van der Waals surface area contributed by atoms with Crippen LogP contribution in [0, 0.1) is 18.3 Å². The van der Waals surface area contributed by atoms with Crippen LogP contribution in [-0.4, -0.2) is 20.9 Å². The lowest BCUT2D eigenvalue weighted by Gasteiger charge is -2.08. The number of nitrogens with zero attached hydrogens (tertiary/aromatic N) is 1. The van der Waals surface area contributed by atoms with E-state index >= 15 is 0 Å². The normalized spacial score (nSPS) is 10.8. The minimum Gasteiger partial charge on any atom is -0.460 e. The maximum Gasteiger partial charge on any atom is 0.321 e. The Morgan fingerprint density at radius 2 is 1.75 bits per heavy atom. The van der Waals surface area contributed by atoms with Gasteiger partial charge in [0.25, 0.3) is 0 Å². The van der Waals surface area contributed by atoms with Gasteiger partial charge in [-0.1, -0.05) is 29.8 Å². The van der Waals surface area contributed by atoms with Gasteiger partial charge < -0.3 is 4.74 Å². The van der Waals surface area contributed by atoms with Crippen molar-refractivity contribution in [1.29, 1.82) is 5.26 Å². The number of hydrogen-bond donors (Lipinski definition) is 1. The number of carbonyl (C=O) groups is 1. The summed E-state index contributed by atoms with van der Waals surface area (Å²) in [4.78, 5) is 11.8. The predicted octanol–water partition coefficient (Wildman–Crippen LogP) is 1.89. The first kappa shape index (κ1) is 17.7. The lowest BCUT2D eigenvalue weighted by atomic mass is 10.2. The lowest BCUT2D eigenvalue weighted by Crippen LogP contribution is -2.30. The summed E-state index contributed by atoms with van der Waals surface area (Å²) in [6, 6.07) is 14.9. The molecule has 2 aromatic carbocycles. The Bertz CT molecular complexity index is 851. The molecule has 0 unspecified atom stereocenters. The molecule has 0 spiro atoms. The number of nitriles is 1. The van der Waals surface area contributed by atoms with Crippen molar-refractivity contribution >= 4 is 16.0 Å². The summed E-state index contributed by atoms with van der Waals surface area (Å²) in [5.74, 6) is -0.685. The monoisotopic (exact) mass is 344 g/mol. The Kier molecular flexibility index (Phi) is 5.68. The fraction of sp³-hybridized carbons (Fsp3) is 0.176. The topological polar surface area (TPSA) is 96.3 Å². The van der Waals surface area contributed by atoms with Crippen molar-refractivity contribution in [2.24, 2.45) is 0 Å². The number of benzene rings is 2. The average Bonchev–Trinajstić information content (AvgIpc) is 2.59. The molecule has 0 amide bonds. The molecule has 6 nitrogen and oxygen atoms in total. The zero-order valence-corrected chi connectivity index (χ0v) is 13.8. The summed E-state index contributed by atoms with van der Waals surface area (Å²) in [6.45, 7) is 1.41. The first-order valence-corrected chi connectivity index (χ1v) is 8.60. The first-order valence-electron chi connectivity index (χ1n) is 7.12. The Hall–Kier alpha value is -2.69. The molecule has 0 saturated carbocycles. The van der Waals surface area contributed by atoms with Gasteiger partial charge in [0, 0.05) is 0 Å². The molecule has 124 valence electrons. The van der Waals surface area contributed by atoms with Gasteiger partial charge in [-0.3, -0.25) is 4.79 Å². The fourth-order valence-electron chi connectivity index (χ4n) is 1.85. The van der Waals surface area contributed by atoms with Crippen molar-refractivity contribution in [3.8, 4) is 6.07 Å². The van der Waals surface area contributed by atoms with Crippen LogP contribution in [0.2, 0.25) is 0 Å². The fourth-order valence-corrected chi connectivity index (χ4v) is 2.81. The van der Waals surface area contributed by atoms with Gasteiger partial charge in [-0.2, -0.15) is 9.98 Å². The number of esters is 1. The molecule has 0 bridgehead atoms. The van der Waals surface area contributed by atoms with Crippen molar-refractivity contribution in [3.05, 3.63) is 65.2 Å². The van der Waals surface area contributed by atoms with Gasteiger partial charge in [0.2, 0.25) is 10.0 Å². The maximum atomic E-state index is 12.0. The molecule has 0 aromatic heterocycles. The maximum absolute atomic E-state index is 12.0. The van der Waals surface area contributed by atoms with Gasteiger partial charge in [-0.05, 0) is 36.8 Å². The quantitative estimate of drug-likeness (QED) is 0.807. The summed E-state index contributed by atoms with van der Waals surface area (Å²) < 4.78 is 31.3. The molecule has 1 N–H and O–H groups in total. The largest absolute Gasteiger partial charge is 0.460 e. The van der Waals surface area contributed by atoms with Gasteiger partial charge in [-0.25, -0.2) is 8.42 Å². The minimum atomic E-state index is -3.75. The lowest BCUT2D eigenvalue weighted by molar-refractivity contribution is -0.143. The smallest absolute Gasteiger partial charge is 0.321 e. The highest BCUT2D eigenvalue weighted by atomic mass is 32.2. The molecule has 0 radical (unpaired) electrons. The van der Waals surface area contributed by atoms with E-state index in [1.807, 2.05) is 13.0 Å². The van der Waals surface area contributed by atoms with E-state index in [2.05, 4.69) is 4.72 Å². The SMILES string of the molecule is Cc1ccc(S(=O)(=O)NCC(=O)OCc2ccc(C#N)cc2)cc1. The van der Waals surface area contributed by atoms with E-state index in [1.165, 1.54) is 12.1 Å². The number of carbonyl (C=O) groups excluding carboxylic acids is 1. The predicted molar refractivity (Wildman–Crippen MR) is 87.3 cm³/mol. The van der Waals surface area contributed by atoms with Crippen LogP contribution in [0.3, 0.4) is 0 Å². The number of rotatable bonds is 6. The number of sulfonamides is 1. The molecule has 2 rings (SSSR count). The molecule has 0 atom stereocenters. The molecule has 2 aromatic rings. The van der Waals surface area contributed by atoms with E-state index in [-0.39, 0.29) is 11.5 Å². The van der Waals surface area contributed by atoms with Gasteiger partial charge in [0.05, 0.1) is 16.5 Å². The van der Waals surface area contributed by atoms with Crippen molar-refractivity contribution in [2.75, 3.05) is 6.54 Å². The molecule has 0 saturated heterocycles. The molecule has 7 heteroatoms. The standard InChI is InChI=1S/C17H16N2O4S/c1-13-2-8-16(9-3-13)24(21,22)19-11-17(20)23-12-15-6-4-14(10-18)5-7-15/h2-9,19H,11-12H2,1H3. The highest BCUT2D eigenvalue weighted by Gasteiger charge is 2.15. The Morgan fingerprint density at radius 3 is 2.33 bits per heavy atom. The van der Waals surface area contributed by atoms with Crippen molar-refractivity contribution in [2.45, 2.75) is 18.4 Å². The van der Waals surface area contributed by atoms with Gasteiger partial charge in [-0.15, -0.1) is 0 Å². The van der Waals surface area contributed by atoms with Gasteiger partial charge >= 0.3 is 5.97 Å². The third kappa shape index (κ3) is 4.91. The van der Waals surface area contributed by atoms with Gasteiger partial charge in [0.15, 0.2) is 0 Å². The Morgan fingerprint density at radius 1 is 1.12 bits per heavy atom. The van der Waals surface area contributed by atoms with Crippen LogP contribution in [-0.2, 0) is 26.2 Å². The minimum absolute atomic E-state index is 0.0107. The second-order valence-electron chi connectivity index (χ2n) is 5.11. The van der Waals surface area contributed by atoms with Gasteiger partial charge in [0.1, 0.15) is 13.2 Å². The van der Waals surface area contributed by atoms with Crippen LogP contribution in [0.5, 0.6) is 0 Å². The van der Waals surface area contributed by atoms with Crippen molar-refractivity contribution in [3.63, 3.8) is 0 Å². The summed E-state index contributed by atoms with van der Waals surface area (Å²) >= 11 is 0. The molecule has 0 fully saturated rings. The molecular formula is C17H16N2O4S. The van der Waals surface area contributed by atoms with Crippen LogP contribution in [0.1, 0.15) is 16.7 Å². The second kappa shape index (κ2) is 7.73. The van der Waals surface area contributed by atoms with Crippen LogP contribution in [0.4, 0.5) is 0 Å². The summed E-state index contributed by atoms with van der Waals surface area (Å²) in [5.41, 5.74) is 2.16. The number of nitrogens with one attached hydrogen (secondary N) is 1. The van der Waals surface area contributed by atoms with E-state index in [4.69, 9.17) is 10.00 Å². The third-order valence-corrected chi connectivity index (χ3v) is 4.64. The number of ether oxygens (including phenoxy) is 1. The highest BCUT2D eigenvalue weighted by Crippen LogP contribution is 2.09. The van der Waals surface area contributed by atoms with E-state index in [0.717, 1.165) is 5.56 Å². The summed E-state index contributed by atoms with van der Waals surface area (Å²) in [5, 5.41) is 8.70. The third-order valence-electron chi connectivity index (χ3n) is 3.22. The molecule has 0 aliphatic heterocycles. The average molecular weight is 344 g/mol. The molecule has 0 heterocycles. The van der Waals surface area contributed by atoms with Crippen LogP contribution in [0.15, 0.2) is 53.4 Å². The zero-order valence-electron chi connectivity index (χ0n) is 13.0. The van der Waals surface area contributed by atoms with Crippen LogP contribution < -0.4 is 4.72 Å². The summed E-state index contributed by atoms with van der Waals surface area (Å²) in [6.07, 6.45) is 0. The zero-order chi connectivity index (χ0) is 17.6. The van der Waals surface area contributed by atoms with E-state index < -0.39 is 22.5 Å². The van der Waals surface area contributed by atoms with E-state index in [0.29, 0.717) is 11.1 Å². The second-order valence-corrected chi connectivity index (χ2v) is 6.87. The molecule has 24 heavy (non-hydrogen) atoms. The van der Waals surface area contributed by atoms with E-state index in [1.54, 1.807) is 36.4 Å². The van der Waals surface area contributed by atoms with Crippen molar-refractivity contribution in [1.82, 2.24) is 4.72 Å². The Labute approximate surface area is 140 Å². The van der Waals surface area contributed by atoms with Crippen LogP contribution >= 0.6 is 0 Å². The van der Waals surface area contributed by atoms with E-state index in [9.17, 15) is 13.2 Å². The highest BCUT2D eigenvalue weighted by molar-refractivity contribution is 7.89. The first-order chi connectivity index (χ1) is 11.4. The Balaban J connectivity index is 1.86. The molecule has 0 aliphatic carbocycles. The summed E-state index contributed by atoms with van der Waals surface area (Å²) in [7, 11) is -3.75. The van der Waals surface area contributed by atoms with Crippen LogP contribution in [0.25, 0.3) is 0 Å². The van der Waals surface area contributed by atoms with Crippen molar-refractivity contribution < 1.29 is 17.9 Å².